The molecule has 0 heterocycles. The molecule has 0 aliphatic rings. The number of hydrogen-bond donors (Lipinski definition) is 3. The van der Waals surface area contributed by atoms with Crippen molar-refractivity contribution < 1.29 is 14.7 Å². The topological polar surface area (TPSA) is 90.8 Å². The predicted octanol–water partition coefficient (Wildman–Crippen LogP) is 1.58. The van der Waals surface area contributed by atoms with E-state index >= 15 is 0 Å². The summed E-state index contributed by atoms with van der Waals surface area (Å²) in [5, 5.41) is 15.6. The van der Waals surface area contributed by atoms with Crippen molar-refractivity contribution in [2.45, 2.75) is 6.92 Å². The Bertz CT molecular complexity index is 724. The summed E-state index contributed by atoms with van der Waals surface area (Å²) in [5.41, 5.74) is 4.50. The Hall–Kier alpha value is -3.15. The molecule has 0 aliphatic heterocycles. The lowest BCUT2D eigenvalue weighted by Crippen LogP contribution is -2.34. The Kier molecular flexibility index (Phi) is 5.46. The number of carbonyl (C=O) groups is 2. The van der Waals surface area contributed by atoms with Gasteiger partial charge in [-0.25, -0.2) is 5.43 Å². The SMILES string of the molecule is Cc1ccc(C(=O)NCC(=O)N/N=C\c2cccc(O)c2)cc1. The quantitative estimate of drug-likeness (QED) is 0.578. The maximum Gasteiger partial charge on any atom is 0.259 e. The number of amides is 2. The molecule has 0 fully saturated rings. The van der Waals surface area contributed by atoms with Gasteiger partial charge in [0.2, 0.25) is 0 Å². The highest BCUT2D eigenvalue weighted by molar-refractivity contribution is 5.96. The number of aromatic hydroxyl groups is 1. The Balaban J connectivity index is 1.78. The summed E-state index contributed by atoms with van der Waals surface area (Å²) in [5.74, 6) is -0.649. The molecule has 0 saturated heterocycles. The molecule has 0 spiro atoms. The largest absolute Gasteiger partial charge is 0.508 e. The van der Waals surface area contributed by atoms with Gasteiger partial charge in [0.05, 0.1) is 12.8 Å². The van der Waals surface area contributed by atoms with Crippen LogP contribution in [-0.2, 0) is 4.79 Å². The second-order valence-corrected chi connectivity index (χ2v) is 4.94. The van der Waals surface area contributed by atoms with Gasteiger partial charge in [-0.3, -0.25) is 9.59 Å². The fourth-order valence-corrected chi connectivity index (χ4v) is 1.79. The van der Waals surface area contributed by atoms with E-state index in [1.165, 1.54) is 18.3 Å². The number of phenolic OH excluding ortho intramolecular Hbond substituents is 1. The molecule has 0 aliphatic carbocycles. The van der Waals surface area contributed by atoms with Gasteiger partial charge in [-0.15, -0.1) is 0 Å². The van der Waals surface area contributed by atoms with Crippen molar-refractivity contribution in [1.82, 2.24) is 10.7 Å². The first-order chi connectivity index (χ1) is 11.0. The molecule has 6 heteroatoms. The molecule has 0 unspecified atom stereocenters. The summed E-state index contributed by atoms with van der Waals surface area (Å²) in [6, 6.07) is 13.5. The monoisotopic (exact) mass is 311 g/mol. The Labute approximate surface area is 133 Å². The van der Waals surface area contributed by atoms with Crippen molar-refractivity contribution in [3.8, 4) is 5.75 Å². The van der Waals surface area contributed by atoms with Gasteiger partial charge >= 0.3 is 0 Å². The Morgan fingerprint density at radius 2 is 1.91 bits per heavy atom. The number of carbonyl (C=O) groups excluding carboxylic acids is 2. The fraction of sp³-hybridized carbons (Fsp3) is 0.118. The van der Waals surface area contributed by atoms with E-state index in [1.54, 1.807) is 24.3 Å². The molecule has 2 aromatic carbocycles. The molecule has 23 heavy (non-hydrogen) atoms. The lowest BCUT2D eigenvalue weighted by molar-refractivity contribution is -0.120. The second kappa shape index (κ2) is 7.74. The minimum Gasteiger partial charge on any atom is -0.508 e. The highest BCUT2D eigenvalue weighted by atomic mass is 16.3. The van der Waals surface area contributed by atoms with Crippen LogP contribution in [0.15, 0.2) is 53.6 Å². The summed E-state index contributed by atoms with van der Waals surface area (Å²) < 4.78 is 0. The highest BCUT2D eigenvalue weighted by Gasteiger charge is 2.06. The molecule has 0 atom stereocenters. The van der Waals surface area contributed by atoms with Crippen LogP contribution < -0.4 is 10.7 Å². The van der Waals surface area contributed by atoms with E-state index in [-0.39, 0.29) is 18.2 Å². The van der Waals surface area contributed by atoms with Crippen LogP contribution in [0.4, 0.5) is 0 Å². The number of nitrogens with one attached hydrogen (secondary N) is 2. The van der Waals surface area contributed by atoms with E-state index in [4.69, 9.17) is 0 Å². The zero-order valence-electron chi connectivity index (χ0n) is 12.6. The Morgan fingerprint density at radius 1 is 1.17 bits per heavy atom. The van der Waals surface area contributed by atoms with E-state index in [1.807, 2.05) is 19.1 Å². The molecular formula is C17H17N3O3. The van der Waals surface area contributed by atoms with Crippen molar-refractivity contribution in [1.29, 1.82) is 0 Å². The standard InChI is InChI=1S/C17H17N3O3/c1-12-5-7-14(8-6-12)17(23)18-11-16(22)20-19-10-13-3-2-4-15(21)9-13/h2-10,21H,11H2,1H3,(H,18,23)(H,20,22)/b19-10-. The normalized spacial score (nSPS) is 10.5. The fourth-order valence-electron chi connectivity index (χ4n) is 1.79. The maximum atomic E-state index is 11.8. The van der Waals surface area contributed by atoms with Crippen molar-refractivity contribution in [2.75, 3.05) is 6.54 Å². The van der Waals surface area contributed by atoms with Gasteiger partial charge in [0.25, 0.3) is 11.8 Å². The second-order valence-electron chi connectivity index (χ2n) is 4.94. The molecule has 6 nitrogen and oxygen atoms in total. The van der Waals surface area contributed by atoms with Gasteiger partial charge < -0.3 is 10.4 Å². The molecule has 2 aromatic rings. The number of phenols is 1. The third kappa shape index (κ3) is 5.28. The minimum absolute atomic E-state index is 0.116. The number of aryl methyl sites for hydroxylation is 1. The van der Waals surface area contributed by atoms with Crippen molar-refractivity contribution in [2.24, 2.45) is 5.10 Å². The summed E-state index contributed by atoms with van der Waals surface area (Å²) >= 11 is 0. The van der Waals surface area contributed by atoms with Gasteiger partial charge in [0.15, 0.2) is 0 Å². The average molecular weight is 311 g/mol. The number of hydrogen-bond acceptors (Lipinski definition) is 4. The van der Waals surface area contributed by atoms with Gasteiger partial charge in [0.1, 0.15) is 5.75 Å². The number of nitrogens with zero attached hydrogens (tertiary/aromatic N) is 1. The van der Waals surface area contributed by atoms with E-state index in [2.05, 4.69) is 15.8 Å². The number of benzene rings is 2. The minimum atomic E-state index is -0.443. The van der Waals surface area contributed by atoms with Crippen LogP contribution in [0.2, 0.25) is 0 Å². The van der Waals surface area contributed by atoms with Gasteiger partial charge in [-0.05, 0) is 36.8 Å². The van der Waals surface area contributed by atoms with Crippen LogP contribution in [0.3, 0.4) is 0 Å². The zero-order chi connectivity index (χ0) is 16.7. The van der Waals surface area contributed by atoms with Crippen LogP contribution in [0.1, 0.15) is 21.5 Å². The summed E-state index contributed by atoms with van der Waals surface area (Å²) in [7, 11) is 0. The smallest absolute Gasteiger partial charge is 0.259 e. The van der Waals surface area contributed by atoms with Crippen LogP contribution in [0.25, 0.3) is 0 Å². The van der Waals surface area contributed by atoms with Crippen molar-refractivity contribution in [3.63, 3.8) is 0 Å². The molecular weight excluding hydrogens is 294 g/mol. The van der Waals surface area contributed by atoms with Crippen molar-refractivity contribution in [3.05, 3.63) is 65.2 Å². The number of rotatable bonds is 5. The molecule has 0 saturated carbocycles. The first kappa shape index (κ1) is 16.2. The summed E-state index contributed by atoms with van der Waals surface area (Å²) in [6.07, 6.45) is 1.40. The lowest BCUT2D eigenvalue weighted by atomic mass is 10.1. The van der Waals surface area contributed by atoms with Crippen LogP contribution in [0, 0.1) is 6.92 Å². The molecule has 3 N–H and O–H groups in total. The summed E-state index contributed by atoms with van der Waals surface area (Å²) in [6.45, 7) is 1.75. The first-order valence-electron chi connectivity index (χ1n) is 7.00. The molecule has 118 valence electrons. The van der Waals surface area contributed by atoms with Crippen LogP contribution in [0.5, 0.6) is 5.75 Å². The van der Waals surface area contributed by atoms with Gasteiger partial charge in [-0.2, -0.15) is 5.10 Å². The Morgan fingerprint density at radius 3 is 2.61 bits per heavy atom. The zero-order valence-corrected chi connectivity index (χ0v) is 12.6. The van der Waals surface area contributed by atoms with Crippen molar-refractivity contribution >= 4 is 18.0 Å². The van der Waals surface area contributed by atoms with E-state index in [0.29, 0.717) is 11.1 Å². The van der Waals surface area contributed by atoms with Gasteiger partial charge in [-0.1, -0.05) is 29.8 Å². The molecule has 0 aromatic heterocycles. The van der Waals surface area contributed by atoms with Gasteiger partial charge in [0, 0.05) is 5.56 Å². The van der Waals surface area contributed by atoms with E-state index < -0.39 is 5.91 Å². The van der Waals surface area contributed by atoms with E-state index in [0.717, 1.165) is 5.56 Å². The maximum absolute atomic E-state index is 11.8. The molecule has 2 rings (SSSR count). The predicted molar refractivity (Wildman–Crippen MR) is 87.4 cm³/mol. The average Bonchev–Trinajstić information content (AvgIpc) is 2.53. The third-order valence-electron chi connectivity index (χ3n) is 3.00. The number of hydrazone groups is 1. The summed E-state index contributed by atoms with van der Waals surface area (Å²) in [4.78, 5) is 23.4. The van der Waals surface area contributed by atoms with Crippen LogP contribution >= 0.6 is 0 Å². The van der Waals surface area contributed by atoms with Crippen LogP contribution in [-0.4, -0.2) is 29.7 Å². The molecule has 0 bridgehead atoms. The molecule has 0 radical (unpaired) electrons. The molecule has 2 amide bonds. The lowest BCUT2D eigenvalue weighted by Gasteiger charge is -2.04. The highest BCUT2D eigenvalue weighted by Crippen LogP contribution is 2.08. The third-order valence-corrected chi connectivity index (χ3v) is 3.00. The van der Waals surface area contributed by atoms with E-state index in [9.17, 15) is 14.7 Å². The first-order valence-corrected chi connectivity index (χ1v) is 7.00.